The first-order chi connectivity index (χ1) is 10.7. The lowest BCUT2D eigenvalue weighted by molar-refractivity contribution is 0.100. The lowest BCUT2D eigenvalue weighted by Crippen LogP contribution is -2.10. The molecule has 3 heteroatoms. The summed E-state index contributed by atoms with van der Waals surface area (Å²) in [6, 6.07) is 22.4. The van der Waals surface area contributed by atoms with E-state index in [1.54, 1.807) is 12.1 Å². The number of carbonyl (C=O) groups excluding carboxylic acids is 1. The van der Waals surface area contributed by atoms with Gasteiger partial charge in [0.15, 0.2) is 0 Å². The van der Waals surface area contributed by atoms with E-state index in [1.165, 1.54) is 21.9 Å². The van der Waals surface area contributed by atoms with Crippen molar-refractivity contribution in [1.82, 2.24) is 0 Å². The van der Waals surface area contributed by atoms with Crippen molar-refractivity contribution in [3.05, 3.63) is 83.4 Å². The van der Waals surface area contributed by atoms with Gasteiger partial charge >= 0.3 is 0 Å². The number of thioether (sulfide) groups is 1. The Morgan fingerprint density at radius 1 is 0.864 bits per heavy atom. The standard InChI is InChI=1S/C19H17NOS/c20-19(21)16-10-8-14(9-11-16)12-22-13-17-6-3-5-15-4-1-2-7-18(15)17/h1-11H,12-13H2,(H2,20,21). The molecule has 0 saturated carbocycles. The van der Waals surface area contributed by atoms with Gasteiger partial charge in [0.2, 0.25) is 5.91 Å². The first-order valence-corrected chi connectivity index (χ1v) is 8.32. The van der Waals surface area contributed by atoms with Crippen LogP contribution in [-0.4, -0.2) is 5.91 Å². The van der Waals surface area contributed by atoms with Gasteiger partial charge in [-0.1, -0.05) is 54.6 Å². The van der Waals surface area contributed by atoms with Crippen molar-refractivity contribution in [3.63, 3.8) is 0 Å². The van der Waals surface area contributed by atoms with Gasteiger partial charge in [0.25, 0.3) is 0 Å². The Hall–Kier alpha value is -2.26. The molecule has 2 N–H and O–H groups in total. The van der Waals surface area contributed by atoms with E-state index in [-0.39, 0.29) is 5.91 Å². The number of rotatable bonds is 5. The van der Waals surface area contributed by atoms with Crippen molar-refractivity contribution >= 4 is 28.4 Å². The van der Waals surface area contributed by atoms with Gasteiger partial charge in [-0.3, -0.25) is 4.79 Å². The summed E-state index contributed by atoms with van der Waals surface area (Å²) in [5.74, 6) is 1.51. The maximum absolute atomic E-state index is 11.1. The van der Waals surface area contributed by atoms with Crippen molar-refractivity contribution in [2.24, 2.45) is 5.73 Å². The third-order valence-electron chi connectivity index (χ3n) is 3.64. The number of primary amides is 1. The summed E-state index contributed by atoms with van der Waals surface area (Å²) in [4.78, 5) is 11.1. The number of benzene rings is 3. The van der Waals surface area contributed by atoms with Crippen molar-refractivity contribution in [3.8, 4) is 0 Å². The van der Waals surface area contributed by atoms with E-state index in [1.807, 2.05) is 23.9 Å². The molecule has 0 atom stereocenters. The number of hydrogen-bond donors (Lipinski definition) is 1. The zero-order valence-electron chi connectivity index (χ0n) is 12.2. The van der Waals surface area contributed by atoms with Gasteiger partial charge in [0, 0.05) is 17.1 Å². The Morgan fingerprint density at radius 2 is 1.59 bits per heavy atom. The minimum absolute atomic E-state index is 0.380. The number of fused-ring (bicyclic) bond motifs is 1. The molecule has 0 spiro atoms. The van der Waals surface area contributed by atoms with Crippen LogP contribution in [0.3, 0.4) is 0 Å². The summed E-state index contributed by atoms with van der Waals surface area (Å²) in [6.07, 6.45) is 0. The largest absolute Gasteiger partial charge is 0.366 e. The van der Waals surface area contributed by atoms with Crippen molar-refractivity contribution in [1.29, 1.82) is 0 Å². The minimum Gasteiger partial charge on any atom is -0.366 e. The number of carbonyl (C=O) groups is 1. The third-order valence-corrected chi connectivity index (χ3v) is 4.70. The van der Waals surface area contributed by atoms with Gasteiger partial charge in [0.05, 0.1) is 0 Å². The molecular weight excluding hydrogens is 290 g/mol. The molecule has 0 radical (unpaired) electrons. The monoisotopic (exact) mass is 307 g/mol. The van der Waals surface area contributed by atoms with Gasteiger partial charge in [-0.25, -0.2) is 0 Å². The first-order valence-electron chi connectivity index (χ1n) is 7.17. The van der Waals surface area contributed by atoms with Crippen LogP contribution in [0.1, 0.15) is 21.5 Å². The Labute approximate surface area is 134 Å². The molecule has 1 amide bonds. The number of nitrogens with two attached hydrogens (primary N) is 1. The highest BCUT2D eigenvalue weighted by atomic mass is 32.2. The normalized spacial score (nSPS) is 10.7. The highest BCUT2D eigenvalue weighted by Gasteiger charge is 2.02. The summed E-state index contributed by atoms with van der Waals surface area (Å²) in [7, 11) is 0. The zero-order valence-corrected chi connectivity index (χ0v) is 13.0. The van der Waals surface area contributed by atoms with Crippen molar-refractivity contribution < 1.29 is 4.79 Å². The quantitative estimate of drug-likeness (QED) is 0.760. The fraction of sp³-hybridized carbons (Fsp3) is 0.105. The molecule has 3 aromatic rings. The Morgan fingerprint density at radius 3 is 2.36 bits per heavy atom. The van der Waals surface area contributed by atoms with Crippen LogP contribution >= 0.6 is 11.8 Å². The summed E-state index contributed by atoms with van der Waals surface area (Å²) in [5.41, 5.74) is 8.37. The lowest BCUT2D eigenvalue weighted by Gasteiger charge is -2.07. The molecule has 3 rings (SSSR count). The number of amides is 1. The minimum atomic E-state index is -0.380. The molecule has 0 bridgehead atoms. The van der Waals surface area contributed by atoms with E-state index in [0.717, 1.165) is 11.5 Å². The summed E-state index contributed by atoms with van der Waals surface area (Å²) < 4.78 is 0. The average Bonchev–Trinajstić information content (AvgIpc) is 2.55. The van der Waals surface area contributed by atoms with Crippen LogP contribution in [0.25, 0.3) is 10.8 Å². The predicted molar refractivity (Wildman–Crippen MR) is 93.9 cm³/mol. The van der Waals surface area contributed by atoms with Crippen molar-refractivity contribution in [2.45, 2.75) is 11.5 Å². The third kappa shape index (κ3) is 3.31. The molecular formula is C19H17NOS. The smallest absolute Gasteiger partial charge is 0.248 e. The second kappa shape index (κ2) is 6.67. The lowest BCUT2D eigenvalue weighted by atomic mass is 10.1. The van der Waals surface area contributed by atoms with Gasteiger partial charge in [-0.2, -0.15) is 11.8 Å². The molecule has 0 aliphatic carbocycles. The summed E-state index contributed by atoms with van der Waals surface area (Å²) in [5, 5.41) is 2.60. The summed E-state index contributed by atoms with van der Waals surface area (Å²) >= 11 is 1.87. The maximum atomic E-state index is 11.1. The van der Waals surface area contributed by atoms with E-state index in [9.17, 15) is 4.79 Å². The van der Waals surface area contributed by atoms with Crippen LogP contribution in [0.5, 0.6) is 0 Å². The highest BCUT2D eigenvalue weighted by molar-refractivity contribution is 7.97. The highest BCUT2D eigenvalue weighted by Crippen LogP contribution is 2.24. The Kier molecular flexibility index (Phi) is 4.45. The summed E-state index contributed by atoms with van der Waals surface area (Å²) in [6.45, 7) is 0. The van der Waals surface area contributed by atoms with Crippen LogP contribution in [-0.2, 0) is 11.5 Å². The molecule has 110 valence electrons. The van der Waals surface area contributed by atoms with Gasteiger partial charge in [-0.15, -0.1) is 0 Å². The van der Waals surface area contributed by atoms with E-state index < -0.39 is 0 Å². The van der Waals surface area contributed by atoms with Crippen molar-refractivity contribution in [2.75, 3.05) is 0 Å². The fourth-order valence-corrected chi connectivity index (χ4v) is 3.46. The molecule has 3 aromatic carbocycles. The SMILES string of the molecule is NC(=O)c1ccc(CSCc2cccc3ccccc23)cc1. The maximum Gasteiger partial charge on any atom is 0.248 e. The molecule has 0 heterocycles. The Bertz CT molecular complexity index is 791. The van der Waals surface area contributed by atoms with E-state index in [2.05, 4.69) is 42.5 Å². The molecule has 0 fully saturated rings. The van der Waals surface area contributed by atoms with Gasteiger partial charge < -0.3 is 5.73 Å². The van der Waals surface area contributed by atoms with Crippen LogP contribution < -0.4 is 5.73 Å². The van der Waals surface area contributed by atoms with Crippen LogP contribution in [0.15, 0.2) is 66.7 Å². The number of hydrogen-bond acceptors (Lipinski definition) is 2. The molecule has 0 unspecified atom stereocenters. The van der Waals surface area contributed by atoms with E-state index >= 15 is 0 Å². The predicted octanol–water partition coefficient (Wildman–Crippen LogP) is 4.37. The molecule has 0 aliphatic rings. The van der Waals surface area contributed by atoms with Crippen LogP contribution in [0.4, 0.5) is 0 Å². The zero-order chi connectivity index (χ0) is 15.4. The molecule has 0 aromatic heterocycles. The second-order valence-corrected chi connectivity index (χ2v) is 6.18. The topological polar surface area (TPSA) is 43.1 Å². The van der Waals surface area contributed by atoms with Crippen LogP contribution in [0.2, 0.25) is 0 Å². The fourth-order valence-electron chi connectivity index (χ4n) is 2.46. The van der Waals surface area contributed by atoms with Crippen LogP contribution in [0, 0.1) is 0 Å². The molecule has 22 heavy (non-hydrogen) atoms. The van der Waals surface area contributed by atoms with E-state index in [4.69, 9.17) is 5.73 Å². The second-order valence-electron chi connectivity index (χ2n) is 5.19. The van der Waals surface area contributed by atoms with Gasteiger partial charge in [-0.05, 0) is 34.0 Å². The molecule has 0 saturated heterocycles. The first kappa shape index (κ1) is 14.7. The average molecular weight is 307 g/mol. The molecule has 0 aliphatic heterocycles. The Balaban J connectivity index is 1.66. The molecule has 2 nitrogen and oxygen atoms in total. The van der Waals surface area contributed by atoms with E-state index in [0.29, 0.717) is 5.56 Å². The van der Waals surface area contributed by atoms with Gasteiger partial charge in [0.1, 0.15) is 0 Å².